The number of hydrogen-bond donors (Lipinski definition) is 0. The molecule has 0 saturated carbocycles. The zero-order valence-corrected chi connectivity index (χ0v) is 14.9. The Hall–Kier alpha value is -3.14. The quantitative estimate of drug-likeness (QED) is 0.429. The first-order valence-corrected chi connectivity index (χ1v) is 9.01. The molecule has 7 nitrogen and oxygen atoms in total. The molecule has 1 aliphatic heterocycles. The van der Waals surface area contributed by atoms with Gasteiger partial charge in [-0.15, -0.1) is 10.2 Å². The Balaban J connectivity index is 1.37. The molecule has 0 bridgehead atoms. The van der Waals surface area contributed by atoms with Crippen molar-refractivity contribution in [3.63, 3.8) is 0 Å². The zero-order chi connectivity index (χ0) is 19.5. The van der Waals surface area contributed by atoms with E-state index in [9.17, 15) is 13.6 Å². The number of carbonyl (C=O) groups excluding carboxylic acids is 1. The van der Waals surface area contributed by atoms with E-state index in [2.05, 4.69) is 14.9 Å². The molecule has 0 radical (unpaired) electrons. The lowest BCUT2D eigenvalue weighted by Gasteiger charge is -2.04. The molecule has 0 saturated heterocycles. The minimum atomic E-state index is -2.91. The standard InChI is InChI=1S/C18H12F2N2O5S/c19-17(20)26-12-4-1-10(2-5-12)13(23)8-28-18-22-21-16(27-18)11-3-6-14-15(7-11)25-9-24-14/h1-7,17H,8-9H2. The van der Waals surface area contributed by atoms with E-state index in [0.717, 1.165) is 11.8 Å². The number of fused-ring (bicyclic) bond motifs is 1. The molecule has 2 aromatic carbocycles. The van der Waals surface area contributed by atoms with Crippen molar-refractivity contribution in [3.05, 3.63) is 48.0 Å². The fourth-order valence-electron chi connectivity index (χ4n) is 2.45. The molecule has 10 heteroatoms. The molecule has 0 aliphatic carbocycles. The summed E-state index contributed by atoms with van der Waals surface area (Å²) >= 11 is 1.08. The summed E-state index contributed by atoms with van der Waals surface area (Å²) in [5, 5.41) is 8.12. The molecule has 2 heterocycles. The van der Waals surface area contributed by atoms with E-state index in [4.69, 9.17) is 13.9 Å². The van der Waals surface area contributed by atoms with Gasteiger partial charge in [-0.1, -0.05) is 11.8 Å². The van der Waals surface area contributed by atoms with Crippen molar-refractivity contribution in [2.45, 2.75) is 11.8 Å². The minimum Gasteiger partial charge on any atom is -0.454 e. The van der Waals surface area contributed by atoms with E-state index in [1.165, 1.54) is 24.3 Å². The number of aromatic nitrogens is 2. The number of Topliss-reactive ketones (excluding diaryl/α,β-unsaturated/α-hetero) is 1. The lowest BCUT2D eigenvalue weighted by Crippen LogP contribution is -2.04. The van der Waals surface area contributed by atoms with Crippen LogP contribution in [0.1, 0.15) is 10.4 Å². The van der Waals surface area contributed by atoms with Crippen molar-refractivity contribution in [1.82, 2.24) is 10.2 Å². The summed E-state index contributed by atoms with van der Waals surface area (Å²) in [6, 6.07) is 10.7. The molecule has 0 N–H and O–H groups in total. The topological polar surface area (TPSA) is 83.7 Å². The van der Waals surface area contributed by atoms with Crippen molar-refractivity contribution >= 4 is 17.5 Å². The van der Waals surface area contributed by atoms with Gasteiger partial charge in [-0.05, 0) is 42.5 Å². The highest BCUT2D eigenvalue weighted by atomic mass is 32.2. The van der Waals surface area contributed by atoms with Gasteiger partial charge in [0, 0.05) is 11.1 Å². The first-order valence-electron chi connectivity index (χ1n) is 8.03. The second kappa shape index (κ2) is 7.85. The number of thioether (sulfide) groups is 1. The molecule has 0 atom stereocenters. The number of nitrogens with zero attached hydrogens (tertiary/aromatic N) is 2. The Kier molecular flexibility index (Phi) is 5.11. The van der Waals surface area contributed by atoms with Gasteiger partial charge < -0.3 is 18.6 Å². The van der Waals surface area contributed by atoms with Crippen LogP contribution in [0.5, 0.6) is 17.2 Å². The summed E-state index contributed by atoms with van der Waals surface area (Å²) in [4.78, 5) is 12.2. The maximum atomic E-state index is 12.2. The lowest BCUT2D eigenvalue weighted by atomic mass is 10.1. The molecule has 28 heavy (non-hydrogen) atoms. The van der Waals surface area contributed by atoms with Crippen LogP contribution < -0.4 is 14.2 Å². The van der Waals surface area contributed by atoms with Crippen LogP contribution in [0, 0.1) is 0 Å². The average Bonchev–Trinajstić information content (AvgIpc) is 3.35. The van der Waals surface area contributed by atoms with Crippen molar-refractivity contribution in [2.24, 2.45) is 0 Å². The van der Waals surface area contributed by atoms with Gasteiger partial charge in [-0.25, -0.2) is 0 Å². The van der Waals surface area contributed by atoms with Gasteiger partial charge in [-0.2, -0.15) is 8.78 Å². The van der Waals surface area contributed by atoms with Crippen molar-refractivity contribution in [1.29, 1.82) is 0 Å². The van der Waals surface area contributed by atoms with Crippen LogP contribution in [-0.2, 0) is 0 Å². The smallest absolute Gasteiger partial charge is 0.387 e. The van der Waals surface area contributed by atoms with Gasteiger partial charge in [0.1, 0.15) is 5.75 Å². The Morgan fingerprint density at radius 1 is 1.11 bits per heavy atom. The fraction of sp³-hybridized carbons (Fsp3) is 0.167. The maximum Gasteiger partial charge on any atom is 0.387 e. The second-order valence-corrected chi connectivity index (χ2v) is 6.48. The molecular weight excluding hydrogens is 394 g/mol. The van der Waals surface area contributed by atoms with Crippen LogP contribution in [0.25, 0.3) is 11.5 Å². The Labute approximate surface area is 161 Å². The Bertz CT molecular complexity index is 994. The fourth-order valence-corrected chi connectivity index (χ4v) is 3.10. The minimum absolute atomic E-state index is 0.00975. The molecule has 1 aromatic heterocycles. The van der Waals surface area contributed by atoms with E-state index in [-0.39, 0.29) is 29.3 Å². The molecule has 3 aromatic rings. The van der Waals surface area contributed by atoms with E-state index in [1.807, 2.05) is 0 Å². The summed E-state index contributed by atoms with van der Waals surface area (Å²) in [5.74, 6) is 1.37. The maximum absolute atomic E-state index is 12.2. The summed E-state index contributed by atoms with van der Waals surface area (Å²) in [5.41, 5.74) is 1.04. The summed E-state index contributed by atoms with van der Waals surface area (Å²) < 4.78 is 44.7. The van der Waals surface area contributed by atoms with Crippen LogP contribution in [-0.4, -0.2) is 35.1 Å². The first-order chi connectivity index (χ1) is 13.6. The second-order valence-electron chi connectivity index (χ2n) is 5.56. The number of rotatable bonds is 7. The highest BCUT2D eigenvalue weighted by Crippen LogP contribution is 2.36. The molecule has 1 aliphatic rings. The average molecular weight is 406 g/mol. The molecule has 0 amide bonds. The number of ether oxygens (including phenoxy) is 3. The van der Waals surface area contributed by atoms with Gasteiger partial charge in [0.05, 0.1) is 5.75 Å². The van der Waals surface area contributed by atoms with Gasteiger partial charge in [0.15, 0.2) is 17.3 Å². The number of carbonyl (C=O) groups is 1. The summed E-state index contributed by atoms with van der Waals surface area (Å²) in [7, 11) is 0. The normalized spacial score (nSPS) is 12.4. The van der Waals surface area contributed by atoms with Crippen LogP contribution in [0.3, 0.4) is 0 Å². The number of hydrogen-bond acceptors (Lipinski definition) is 8. The predicted octanol–water partition coefficient (Wildman–Crippen LogP) is 4.04. The van der Waals surface area contributed by atoms with Gasteiger partial charge >= 0.3 is 6.61 Å². The number of benzene rings is 2. The molecule has 144 valence electrons. The lowest BCUT2D eigenvalue weighted by molar-refractivity contribution is -0.0498. The summed E-state index contributed by atoms with van der Waals surface area (Å²) in [6.07, 6.45) is 0. The first kappa shape index (κ1) is 18.2. The number of alkyl halides is 2. The predicted molar refractivity (Wildman–Crippen MR) is 94.0 cm³/mol. The van der Waals surface area contributed by atoms with Gasteiger partial charge in [-0.3, -0.25) is 4.79 Å². The molecular formula is C18H12F2N2O5S. The van der Waals surface area contributed by atoms with Crippen molar-refractivity contribution < 1.29 is 32.2 Å². The van der Waals surface area contributed by atoms with Crippen LogP contribution in [0.15, 0.2) is 52.1 Å². The summed E-state index contributed by atoms with van der Waals surface area (Å²) in [6.45, 7) is -2.74. The van der Waals surface area contributed by atoms with Crippen molar-refractivity contribution in [3.8, 4) is 28.7 Å². The van der Waals surface area contributed by atoms with E-state index in [1.54, 1.807) is 18.2 Å². The molecule has 0 spiro atoms. The van der Waals surface area contributed by atoms with Gasteiger partial charge in [0.2, 0.25) is 12.7 Å². The van der Waals surface area contributed by atoms with E-state index < -0.39 is 6.61 Å². The highest BCUT2D eigenvalue weighted by molar-refractivity contribution is 7.99. The van der Waals surface area contributed by atoms with Crippen LogP contribution in [0.4, 0.5) is 8.78 Å². The number of ketones is 1. The van der Waals surface area contributed by atoms with E-state index in [0.29, 0.717) is 28.5 Å². The Morgan fingerprint density at radius 2 is 1.89 bits per heavy atom. The van der Waals surface area contributed by atoms with Crippen LogP contribution in [0.2, 0.25) is 0 Å². The van der Waals surface area contributed by atoms with Crippen LogP contribution >= 0.6 is 11.8 Å². The Morgan fingerprint density at radius 3 is 2.68 bits per heavy atom. The van der Waals surface area contributed by atoms with Crippen molar-refractivity contribution in [2.75, 3.05) is 12.5 Å². The van der Waals surface area contributed by atoms with E-state index >= 15 is 0 Å². The zero-order valence-electron chi connectivity index (χ0n) is 14.1. The molecule has 0 unspecified atom stereocenters. The highest BCUT2D eigenvalue weighted by Gasteiger charge is 2.17. The monoisotopic (exact) mass is 406 g/mol. The molecule has 4 rings (SSSR count). The third-order valence-corrected chi connectivity index (χ3v) is 4.57. The SMILES string of the molecule is O=C(CSc1nnc(-c2ccc3c(c2)OCO3)o1)c1ccc(OC(F)F)cc1. The number of halogens is 2. The van der Waals surface area contributed by atoms with Gasteiger partial charge in [0.25, 0.3) is 5.22 Å². The largest absolute Gasteiger partial charge is 0.454 e. The third-order valence-electron chi connectivity index (χ3n) is 3.75. The third kappa shape index (κ3) is 4.06. The molecule has 0 fully saturated rings.